The topological polar surface area (TPSA) is 68.5 Å². The van der Waals surface area contributed by atoms with Crippen LogP contribution in [-0.4, -0.2) is 31.4 Å². The van der Waals surface area contributed by atoms with Gasteiger partial charge in [-0.3, -0.25) is 0 Å². The van der Waals surface area contributed by atoms with Crippen molar-refractivity contribution in [3.8, 4) is 11.5 Å². The summed E-state index contributed by atoms with van der Waals surface area (Å²) in [6, 6.07) is 6.25. The Labute approximate surface area is 131 Å². The molecule has 116 valence electrons. The lowest BCUT2D eigenvalue weighted by Gasteiger charge is -2.28. The van der Waals surface area contributed by atoms with Crippen molar-refractivity contribution >= 4 is 23.0 Å². The van der Waals surface area contributed by atoms with Crippen LogP contribution in [0.5, 0.6) is 11.5 Å². The number of nitrogens with one attached hydrogen (secondary N) is 2. The number of ether oxygens (including phenoxy) is 2. The van der Waals surface area contributed by atoms with Gasteiger partial charge in [0.25, 0.3) is 0 Å². The summed E-state index contributed by atoms with van der Waals surface area (Å²) in [6.45, 7) is 0. The number of rotatable bonds is 4. The third-order valence-corrected chi connectivity index (χ3v) is 3.91. The maximum Gasteiger partial charge on any atom is 0.170 e. The van der Waals surface area contributed by atoms with Crippen molar-refractivity contribution in [1.82, 2.24) is 5.32 Å². The van der Waals surface area contributed by atoms with E-state index in [4.69, 9.17) is 27.4 Å². The van der Waals surface area contributed by atoms with Crippen LogP contribution in [0.2, 0.25) is 0 Å². The third kappa shape index (κ3) is 4.47. The lowest BCUT2D eigenvalue weighted by Crippen LogP contribution is -2.43. The molecule has 0 saturated heterocycles. The first-order chi connectivity index (χ1) is 10.1. The number of hydrogen-bond donors (Lipinski definition) is 3. The molecule has 2 rings (SSSR count). The van der Waals surface area contributed by atoms with Crippen molar-refractivity contribution < 1.29 is 9.47 Å². The Kier molecular flexibility index (Phi) is 5.64. The van der Waals surface area contributed by atoms with Crippen molar-refractivity contribution in [1.29, 1.82) is 0 Å². The highest BCUT2D eigenvalue weighted by molar-refractivity contribution is 7.80. The molecule has 1 aromatic rings. The van der Waals surface area contributed by atoms with Gasteiger partial charge in [-0.2, -0.15) is 0 Å². The van der Waals surface area contributed by atoms with Crippen LogP contribution < -0.4 is 25.8 Å². The van der Waals surface area contributed by atoms with Gasteiger partial charge in [-0.15, -0.1) is 0 Å². The molecule has 1 aliphatic carbocycles. The minimum Gasteiger partial charge on any atom is -0.493 e. The van der Waals surface area contributed by atoms with Crippen LogP contribution in [0, 0.1) is 0 Å². The van der Waals surface area contributed by atoms with E-state index in [0.29, 0.717) is 22.7 Å². The summed E-state index contributed by atoms with van der Waals surface area (Å²) in [6.07, 6.45) is 4.33. The second kappa shape index (κ2) is 7.47. The molecular formula is C15H23N3O2S. The van der Waals surface area contributed by atoms with Crippen molar-refractivity contribution in [2.45, 2.75) is 37.8 Å². The first-order valence-corrected chi connectivity index (χ1v) is 7.58. The standard InChI is InChI=1S/C15H23N3O2S/c1-19-13-7-6-12(9-14(13)20-2)18-15(21)17-11-5-3-4-10(16)8-11/h6-7,9-11H,3-5,8,16H2,1-2H3,(H2,17,18,21)/t10-,11-/m1/s1. The van der Waals surface area contributed by atoms with Crippen molar-refractivity contribution in [2.24, 2.45) is 5.73 Å². The van der Waals surface area contributed by atoms with Crippen LogP contribution in [-0.2, 0) is 0 Å². The van der Waals surface area contributed by atoms with Gasteiger partial charge in [0.05, 0.1) is 14.2 Å². The smallest absolute Gasteiger partial charge is 0.170 e. The zero-order chi connectivity index (χ0) is 15.2. The molecule has 1 fully saturated rings. The molecule has 6 heteroatoms. The lowest BCUT2D eigenvalue weighted by atomic mass is 9.92. The number of anilines is 1. The van der Waals surface area contributed by atoms with E-state index in [2.05, 4.69) is 10.6 Å². The summed E-state index contributed by atoms with van der Waals surface area (Å²) >= 11 is 5.36. The average Bonchev–Trinajstić information content (AvgIpc) is 2.47. The summed E-state index contributed by atoms with van der Waals surface area (Å²) in [5.41, 5.74) is 6.86. The Morgan fingerprint density at radius 3 is 2.67 bits per heavy atom. The zero-order valence-electron chi connectivity index (χ0n) is 12.5. The minimum absolute atomic E-state index is 0.278. The van der Waals surface area contributed by atoms with Gasteiger partial charge < -0.3 is 25.8 Å². The van der Waals surface area contributed by atoms with Gasteiger partial charge in [0.15, 0.2) is 16.6 Å². The van der Waals surface area contributed by atoms with Gasteiger partial charge in [-0.25, -0.2) is 0 Å². The van der Waals surface area contributed by atoms with Crippen molar-refractivity contribution in [3.05, 3.63) is 18.2 Å². The Morgan fingerprint density at radius 2 is 2.00 bits per heavy atom. The van der Waals surface area contributed by atoms with E-state index in [1.54, 1.807) is 14.2 Å². The lowest BCUT2D eigenvalue weighted by molar-refractivity contribution is 0.355. The van der Waals surface area contributed by atoms with Gasteiger partial charge in [0.1, 0.15) is 0 Å². The Hall–Kier alpha value is -1.53. The highest BCUT2D eigenvalue weighted by Crippen LogP contribution is 2.29. The molecule has 0 unspecified atom stereocenters. The van der Waals surface area contributed by atoms with Crippen LogP contribution >= 0.6 is 12.2 Å². The first kappa shape index (κ1) is 15.9. The summed E-state index contributed by atoms with van der Waals surface area (Å²) in [5.74, 6) is 1.37. The summed E-state index contributed by atoms with van der Waals surface area (Å²) in [4.78, 5) is 0. The van der Waals surface area contributed by atoms with Crippen molar-refractivity contribution in [2.75, 3.05) is 19.5 Å². The Bertz CT molecular complexity index is 496. The molecule has 21 heavy (non-hydrogen) atoms. The van der Waals surface area contributed by atoms with Crippen molar-refractivity contribution in [3.63, 3.8) is 0 Å². The molecule has 0 amide bonds. The van der Waals surface area contributed by atoms with E-state index in [0.717, 1.165) is 31.4 Å². The number of methoxy groups -OCH3 is 2. The molecule has 0 bridgehead atoms. The highest BCUT2D eigenvalue weighted by Gasteiger charge is 2.19. The predicted molar refractivity (Wildman–Crippen MR) is 89.1 cm³/mol. The zero-order valence-corrected chi connectivity index (χ0v) is 13.3. The predicted octanol–water partition coefficient (Wildman–Crippen LogP) is 2.26. The number of thiocarbonyl (C=S) groups is 1. The van der Waals surface area contributed by atoms with Gasteiger partial charge in [0, 0.05) is 23.8 Å². The monoisotopic (exact) mass is 309 g/mol. The number of hydrogen-bond acceptors (Lipinski definition) is 4. The normalized spacial score (nSPS) is 21.5. The second-order valence-electron chi connectivity index (χ2n) is 5.29. The largest absolute Gasteiger partial charge is 0.493 e. The molecule has 5 nitrogen and oxygen atoms in total. The fraction of sp³-hybridized carbons (Fsp3) is 0.533. The minimum atomic E-state index is 0.278. The fourth-order valence-corrected chi connectivity index (χ4v) is 2.91. The number of benzene rings is 1. The second-order valence-corrected chi connectivity index (χ2v) is 5.70. The maximum absolute atomic E-state index is 5.99. The van der Waals surface area contributed by atoms with Crippen LogP contribution in [0.15, 0.2) is 18.2 Å². The molecule has 1 saturated carbocycles. The molecular weight excluding hydrogens is 286 g/mol. The molecule has 1 aromatic carbocycles. The van der Waals surface area contributed by atoms with E-state index in [1.165, 1.54) is 0 Å². The number of nitrogens with two attached hydrogens (primary N) is 1. The fourth-order valence-electron chi connectivity index (χ4n) is 2.63. The van der Waals surface area contributed by atoms with E-state index < -0.39 is 0 Å². The van der Waals surface area contributed by atoms with Gasteiger partial charge >= 0.3 is 0 Å². The van der Waals surface area contributed by atoms with Crippen LogP contribution in [0.3, 0.4) is 0 Å². The van der Waals surface area contributed by atoms with Crippen LogP contribution in [0.4, 0.5) is 5.69 Å². The molecule has 1 aliphatic rings. The molecule has 0 aliphatic heterocycles. The first-order valence-electron chi connectivity index (χ1n) is 7.17. The third-order valence-electron chi connectivity index (χ3n) is 3.69. The average molecular weight is 309 g/mol. The van der Waals surface area contributed by atoms with Gasteiger partial charge in [-0.1, -0.05) is 0 Å². The van der Waals surface area contributed by atoms with Gasteiger partial charge in [-0.05, 0) is 50.0 Å². The van der Waals surface area contributed by atoms with E-state index in [9.17, 15) is 0 Å². The Balaban J connectivity index is 1.93. The summed E-state index contributed by atoms with van der Waals surface area (Å²) < 4.78 is 10.5. The molecule has 0 spiro atoms. The van der Waals surface area contributed by atoms with Crippen LogP contribution in [0.25, 0.3) is 0 Å². The molecule has 0 radical (unpaired) electrons. The quantitative estimate of drug-likeness (QED) is 0.741. The van der Waals surface area contributed by atoms with Crippen LogP contribution in [0.1, 0.15) is 25.7 Å². The molecule has 2 atom stereocenters. The van der Waals surface area contributed by atoms with E-state index in [1.807, 2.05) is 18.2 Å². The summed E-state index contributed by atoms with van der Waals surface area (Å²) in [5, 5.41) is 7.12. The van der Waals surface area contributed by atoms with Gasteiger partial charge in [0.2, 0.25) is 0 Å². The van der Waals surface area contributed by atoms with E-state index >= 15 is 0 Å². The maximum atomic E-state index is 5.99. The SMILES string of the molecule is COc1ccc(NC(=S)N[C@@H]2CCC[C@@H](N)C2)cc1OC. The Morgan fingerprint density at radius 1 is 1.24 bits per heavy atom. The summed E-state index contributed by atoms with van der Waals surface area (Å²) in [7, 11) is 3.23. The molecule has 4 N–H and O–H groups in total. The molecule has 0 aromatic heterocycles. The molecule has 0 heterocycles. The van der Waals surface area contributed by atoms with E-state index in [-0.39, 0.29) is 6.04 Å². The highest BCUT2D eigenvalue weighted by atomic mass is 32.1.